The molecule has 0 saturated heterocycles. The highest BCUT2D eigenvalue weighted by Crippen LogP contribution is 2.32. The summed E-state index contributed by atoms with van der Waals surface area (Å²) in [6.07, 6.45) is 16.2. The number of ether oxygens (including phenoxy) is 1. The zero-order valence-corrected chi connectivity index (χ0v) is 17.1. The summed E-state index contributed by atoms with van der Waals surface area (Å²) in [5.74, 6) is -0.213. The van der Waals surface area contributed by atoms with Gasteiger partial charge in [0.15, 0.2) is 0 Å². The SMILES string of the molecule is C=CC(=O)OCCCCCCCCCCCCC.CCCS(O)(O)O. The summed E-state index contributed by atoms with van der Waals surface area (Å²) in [7, 11) is -3.17. The molecule has 152 valence electrons. The van der Waals surface area contributed by atoms with Crippen LogP contribution in [0.4, 0.5) is 0 Å². The zero-order chi connectivity index (χ0) is 19.4. The molecule has 0 aromatic rings. The maximum absolute atomic E-state index is 10.8. The van der Waals surface area contributed by atoms with Gasteiger partial charge in [0.25, 0.3) is 0 Å². The topological polar surface area (TPSA) is 87.0 Å². The van der Waals surface area contributed by atoms with Crippen LogP contribution in [-0.2, 0) is 9.53 Å². The summed E-state index contributed by atoms with van der Waals surface area (Å²) >= 11 is 0. The van der Waals surface area contributed by atoms with Crippen LogP contribution in [0.3, 0.4) is 0 Å². The van der Waals surface area contributed by atoms with Gasteiger partial charge in [-0.25, -0.2) is 4.79 Å². The van der Waals surface area contributed by atoms with E-state index in [2.05, 4.69) is 13.5 Å². The van der Waals surface area contributed by atoms with Crippen LogP contribution >= 0.6 is 10.9 Å². The van der Waals surface area contributed by atoms with Gasteiger partial charge in [0.1, 0.15) is 0 Å². The normalized spacial score (nSPS) is 11.4. The lowest BCUT2D eigenvalue weighted by Gasteiger charge is -2.16. The molecular formula is C19H40O5S. The van der Waals surface area contributed by atoms with Crippen LogP contribution in [0, 0.1) is 0 Å². The first-order valence-electron chi connectivity index (χ1n) is 9.64. The zero-order valence-electron chi connectivity index (χ0n) is 16.3. The minimum absolute atomic E-state index is 0.0903. The number of unbranched alkanes of at least 4 members (excludes halogenated alkanes) is 10. The Hall–Kier alpha value is -0.560. The van der Waals surface area contributed by atoms with Gasteiger partial charge in [-0.3, -0.25) is 0 Å². The molecule has 6 heteroatoms. The van der Waals surface area contributed by atoms with E-state index in [0.29, 0.717) is 13.0 Å². The molecule has 0 aromatic carbocycles. The largest absolute Gasteiger partial charge is 0.463 e. The molecule has 0 saturated carbocycles. The Morgan fingerprint density at radius 3 is 1.60 bits per heavy atom. The number of carbonyl (C=O) groups excluding carboxylic acids is 1. The van der Waals surface area contributed by atoms with Crippen molar-refractivity contribution in [2.24, 2.45) is 0 Å². The summed E-state index contributed by atoms with van der Waals surface area (Å²) in [5, 5.41) is 0. The molecule has 25 heavy (non-hydrogen) atoms. The minimum atomic E-state index is -3.17. The molecule has 0 spiro atoms. The molecule has 0 unspecified atom stereocenters. The highest BCUT2D eigenvalue weighted by molar-refractivity contribution is 8.19. The van der Waals surface area contributed by atoms with E-state index in [1.165, 1.54) is 70.3 Å². The number of rotatable bonds is 15. The van der Waals surface area contributed by atoms with Crippen LogP contribution < -0.4 is 0 Å². The Balaban J connectivity index is 0. The van der Waals surface area contributed by atoms with Gasteiger partial charge in [-0.05, 0) is 12.8 Å². The maximum Gasteiger partial charge on any atom is 0.330 e. The summed E-state index contributed by atoms with van der Waals surface area (Å²) in [6.45, 7) is 7.93. The second-order valence-electron chi connectivity index (χ2n) is 6.24. The maximum atomic E-state index is 10.8. The van der Waals surface area contributed by atoms with Crippen molar-refractivity contribution in [3.05, 3.63) is 12.7 Å². The monoisotopic (exact) mass is 380 g/mol. The highest BCUT2D eigenvalue weighted by atomic mass is 32.3. The van der Waals surface area contributed by atoms with E-state index in [9.17, 15) is 4.79 Å². The summed E-state index contributed by atoms with van der Waals surface area (Å²) < 4.78 is 29.6. The van der Waals surface area contributed by atoms with Crippen LogP contribution in [0.15, 0.2) is 12.7 Å². The van der Waals surface area contributed by atoms with Crippen LogP contribution in [0.5, 0.6) is 0 Å². The molecule has 0 rings (SSSR count). The fourth-order valence-corrected chi connectivity index (χ4v) is 2.82. The molecule has 0 bridgehead atoms. The van der Waals surface area contributed by atoms with Crippen molar-refractivity contribution in [1.29, 1.82) is 0 Å². The second-order valence-corrected chi connectivity index (χ2v) is 7.92. The standard InChI is InChI=1S/C16H30O2.C3H10O3S/c1-3-5-6-7-8-9-10-11-12-13-14-15-18-16(17)4-2;1-2-3-7(4,5)6/h4H,2-3,5-15H2,1H3;4-6H,2-3H2,1H3. The van der Waals surface area contributed by atoms with E-state index in [0.717, 1.165) is 6.42 Å². The van der Waals surface area contributed by atoms with E-state index in [4.69, 9.17) is 18.4 Å². The van der Waals surface area contributed by atoms with Crippen molar-refractivity contribution in [2.75, 3.05) is 12.4 Å². The van der Waals surface area contributed by atoms with Crippen LogP contribution in [0.25, 0.3) is 0 Å². The van der Waals surface area contributed by atoms with Gasteiger partial charge >= 0.3 is 5.97 Å². The molecule has 0 heterocycles. The first kappa shape index (κ1) is 26.7. The number of hydrogen-bond donors (Lipinski definition) is 3. The molecule has 0 aliphatic rings. The summed E-state index contributed by atoms with van der Waals surface area (Å²) in [5.41, 5.74) is 0. The van der Waals surface area contributed by atoms with Crippen molar-refractivity contribution >= 4 is 16.8 Å². The molecule has 0 atom stereocenters. The van der Waals surface area contributed by atoms with Gasteiger partial charge < -0.3 is 18.4 Å². The second kappa shape index (κ2) is 19.8. The van der Waals surface area contributed by atoms with Gasteiger partial charge in [-0.15, -0.1) is 0 Å². The number of hydrogen-bond acceptors (Lipinski definition) is 5. The number of carbonyl (C=O) groups is 1. The lowest BCUT2D eigenvalue weighted by Crippen LogP contribution is -2.01. The van der Waals surface area contributed by atoms with Gasteiger partial charge in [-0.1, -0.05) is 84.6 Å². The van der Waals surface area contributed by atoms with E-state index < -0.39 is 10.9 Å². The Kier molecular flexibility index (Phi) is 21.1. The van der Waals surface area contributed by atoms with Crippen molar-refractivity contribution in [3.63, 3.8) is 0 Å². The van der Waals surface area contributed by atoms with E-state index in [1.807, 2.05) is 0 Å². The predicted molar refractivity (Wildman–Crippen MR) is 108 cm³/mol. The average Bonchev–Trinajstić information content (AvgIpc) is 2.55. The molecule has 0 radical (unpaired) electrons. The molecule has 0 aliphatic heterocycles. The lowest BCUT2D eigenvalue weighted by molar-refractivity contribution is -0.137. The van der Waals surface area contributed by atoms with Crippen molar-refractivity contribution in [1.82, 2.24) is 0 Å². The van der Waals surface area contributed by atoms with Crippen molar-refractivity contribution in [2.45, 2.75) is 90.9 Å². The van der Waals surface area contributed by atoms with E-state index in [1.54, 1.807) is 6.92 Å². The molecule has 3 N–H and O–H groups in total. The third-order valence-electron chi connectivity index (χ3n) is 3.64. The Morgan fingerprint density at radius 2 is 1.28 bits per heavy atom. The van der Waals surface area contributed by atoms with E-state index in [-0.39, 0.29) is 11.7 Å². The highest BCUT2D eigenvalue weighted by Gasteiger charge is 2.06. The fourth-order valence-electron chi connectivity index (χ4n) is 2.27. The third kappa shape index (κ3) is 28.5. The van der Waals surface area contributed by atoms with Crippen molar-refractivity contribution in [3.8, 4) is 0 Å². The molecule has 0 amide bonds. The summed E-state index contributed by atoms with van der Waals surface area (Å²) in [6, 6.07) is 0. The van der Waals surface area contributed by atoms with Gasteiger partial charge in [0, 0.05) is 11.8 Å². The first-order valence-corrected chi connectivity index (χ1v) is 11.3. The van der Waals surface area contributed by atoms with Gasteiger partial charge in [0.2, 0.25) is 0 Å². The Morgan fingerprint density at radius 1 is 0.840 bits per heavy atom. The Labute approximate surface area is 156 Å². The minimum Gasteiger partial charge on any atom is -0.463 e. The molecule has 0 fully saturated rings. The molecule has 0 aliphatic carbocycles. The van der Waals surface area contributed by atoms with Gasteiger partial charge in [-0.2, -0.15) is 0 Å². The van der Waals surface area contributed by atoms with Crippen LogP contribution in [-0.4, -0.2) is 32.0 Å². The molecular weight excluding hydrogens is 340 g/mol. The quantitative estimate of drug-likeness (QED) is 0.168. The smallest absolute Gasteiger partial charge is 0.330 e. The lowest BCUT2D eigenvalue weighted by atomic mass is 10.1. The predicted octanol–water partition coefficient (Wildman–Crippen LogP) is 6.65. The molecule has 0 aromatic heterocycles. The fraction of sp³-hybridized carbons (Fsp3) is 0.842. The average molecular weight is 381 g/mol. The van der Waals surface area contributed by atoms with Crippen molar-refractivity contribution < 1.29 is 23.2 Å². The third-order valence-corrected chi connectivity index (χ3v) is 4.59. The van der Waals surface area contributed by atoms with Gasteiger partial charge in [0.05, 0.1) is 17.5 Å². The van der Waals surface area contributed by atoms with Crippen LogP contribution in [0.1, 0.15) is 90.9 Å². The first-order chi connectivity index (χ1) is 11.9. The number of esters is 1. The van der Waals surface area contributed by atoms with E-state index >= 15 is 0 Å². The molecule has 5 nitrogen and oxygen atoms in total. The summed E-state index contributed by atoms with van der Waals surface area (Å²) in [4.78, 5) is 10.8. The van der Waals surface area contributed by atoms with Crippen LogP contribution in [0.2, 0.25) is 0 Å². The Bertz CT molecular complexity index is 303.